The first-order valence-electron chi connectivity index (χ1n) is 33.4. The molecule has 0 atom stereocenters. The van der Waals surface area contributed by atoms with Crippen molar-refractivity contribution in [3.8, 4) is 0 Å². The van der Waals surface area contributed by atoms with E-state index in [9.17, 15) is 0 Å². The molecule has 0 aliphatic heterocycles. The van der Waals surface area contributed by atoms with E-state index in [1.54, 1.807) is 0 Å². The van der Waals surface area contributed by atoms with Crippen LogP contribution in [-0.4, -0.2) is 11.4 Å². The molecule has 2 nitrogen and oxygen atoms in total. The van der Waals surface area contributed by atoms with Crippen molar-refractivity contribution < 1.29 is 0 Å². The second-order valence-electron chi connectivity index (χ2n) is 23.0. The maximum absolute atomic E-state index is 5.40. The van der Waals surface area contributed by atoms with Crippen LogP contribution in [0.2, 0.25) is 0 Å². The van der Waals surface area contributed by atoms with Crippen LogP contribution >= 0.6 is 0 Å². The molecule has 0 aromatic heterocycles. The molecule has 0 aliphatic rings. The van der Waals surface area contributed by atoms with E-state index >= 15 is 0 Å². The highest BCUT2D eigenvalue weighted by atomic mass is 14.8. The van der Waals surface area contributed by atoms with Gasteiger partial charge in [-0.3, -0.25) is 9.98 Å². The van der Waals surface area contributed by atoms with Crippen molar-refractivity contribution in [1.82, 2.24) is 0 Å². The Morgan fingerprint density at radius 1 is 0.284 bits per heavy atom. The zero-order valence-electron chi connectivity index (χ0n) is 50.2. The highest BCUT2D eigenvalue weighted by Crippen LogP contribution is 2.24. The van der Waals surface area contributed by atoms with Gasteiger partial charge in [0.15, 0.2) is 0 Å². The highest BCUT2D eigenvalue weighted by molar-refractivity contribution is 6.43. The highest BCUT2D eigenvalue weighted by Gasteiger charge is 2.11. The molecule has 0 radical (unpaired) electrons. The summed E-state index contributed by atoms with van der Waals surface area (Å²) in [6.45, 7) is 9.21. The summed E-state index contributed by atoms with van der Waals surface area (Å²) in [5.74, 6) is 0. The SMILES string of the molecule is CCCCCCCCCCCCCCCCCCCCCCC=Cc1cccc(N=C(CCCC)C(CCCCCC)=Nc2cccc(C=CCCCCCCCCCCCCCCCCCCCCCC)c2)c1. The predicted molar refractivity (Wildman–Crippen MR) is 339 cm³/mol. The summed E-state index contributed by atoms with van der Waals surface area (Å²) in [4.78, 5) is 10.8. The lowest BCUT2D eigenvalue weighted by molar-refractivity contribution is 0.522. The molecule has 2 heteroatoms. The summed E-state index contributed by atoms with van der Waals surface area (Å²) in [5, 5.41) is 0. The molecule has 2 rings (SSSR count). The van der Waals surface area contributed by atoms with Crippen LogP contribution in [0.15, 0.2) is 70.7 Å². The Morgan fingerprint density at radius 2 is 0.527 bits per heavy atom. The molecular formula is C72H124N2. The van der Waals surface area contributed by atoms with Crippen molar-refractivity contribution in [3.63, 3.8) is 0 Å². The van der Waals surface area contributed by atoms with Crippen LogP contribution in [0.1, 0.15) is 360 Å². The normalized spacial score (nSPS) is 12.4. The van der Waals surface area contributed by atoms with E-state index in [2.05, 4.69) is 101 Å². The van der Waals surface area contributed by atoms with Crippen molar-refractivity contribution >= 4 is 35.0 Å². The standard InChI is InChI=1S/C72H124N2/c1-5-9-13-16-18-20-22-24-26-28-30-32-34-36-38-40-42-44-46-48-50-52-57-67-59-55-61-69(65-67)73-71(63-12-8-4)72(64-54-15-11-7-3)74-70-62-56-60-68(66-70)58-53-51-49-47-45-43-41-39-37-35-33-31-29-27-25-23-21-19-17-14-10-6-2/h52-53,55-62,65-66H,5-51,54,63-64H2,1-4H3. The number of aliphatic imine (C=N–C) groups is 2. The monoisotopic (exact) mass is 1020 g/mol. The fourth-order valence-corrected chi connectivity index (χ4v) is 10.8. The molecular weight excluding hydrogens is 893 g/mol. The summed E-state index contributed by atoms with van der Waals surface area (Å²) in [6, 6.07) is 17.8. The molecule has 0 unspecified atom stereocenters. The fourth-order valence-electron chi connectivity index (χ4n) is 10.8. The second kappa shape index (κ2) is 53.6. The lowest BCUT2D eigenvalue weighted by Crippen LogP contribution is -2.14. The summed E-state index contributed by atoms with van der Waals surface area (Å²) >= 11 is 0. The molecule has 0 N–H and O–H groups in total. The summed E-state index contributed by atoms with van der Waals surface area (Å²) in [7, 11) is 0. The number of hydrogen-bond acceptors (Lipinski definition) is 2. The van der Waals surface area contributed by atoms with E-state index in [0.29, 0.717) is 0 Å². The maximum atomic E-state index is 5.40. The van der Waals surface area contributed by atoms with Crippen molar-refractivity contribution in [3.05, 3.63) is 71.8 Å². The van der Waals surface area contributed by atoms with Crippen LogP contribution in [0.4, 0.5) is 11.4 Å². The molecule has 0 saturated carbocycles. The molecule has 0 bridgehead atoms. The smallest absolute Gasteiger partial charge is 0.0639 e. The van der Waals surface area contributed by atoms with Crippen molar-refractivity contribution in [2.45, 2.75) is 349 Å². The van der Waals surface area contributed by atoms with Crippen molar-refractivity contribution in [1.29, 1.82) is 0 Å². The van der Waals surface area contributed by atoms with E-state index in [-0.39, 0.29) is 0 Å². The molecule has 0 saturated heterocycles. The van der Waals surface area contributed by atoms with Gasteiger partial charge in [-0.25, -0.2) is 0 Å². The lowest BCUT2D eigenvalue weighted by atomic mass is 10.0. The first-order valence-corrected chi connectivity index (χ1v) is 33.4. The molecule has 0 heterocycles. The molecule has 74 heavy (non-hydrogen) atoms. The van der Waals surface area contributed by atoms with Crippen LogP contribution in [0.3, 0.4) is 0 Å². The first-order chi connectivity index (χ1) is 36.7. The third kappa shape index (κ3) is 42.4. The zero-order chi connectivity index (χ0) is 52.7. The van der Waals surface area contributed by atoms with Gasteiger partial charge in [0, 0.05) is 0 Å². The number of unbranched alkanes of at least 4 members (excludes halogenated alkanes) is 44. The molecule has 0 fully saturated rings. The third-order valence-corrected chi connectivity index (χ3v) is 15.7. The molecule has 0 aliphatic carbocycles. The number of rotatable bonds is 55. The van der Waals surface area contributed by atoms with E-state index in [1.165, 1.54) is 305 Å². The third-order valence-electron chi connectivity index (χ3n) is 15.7. The van der Waals surface area contributed by atoms with Gasteiger partial charge in [0.25, 0.3) is 0 Å². The Hall–Kier alpha value is -2.74. The molecule has 2 aromatic rings. The van der Waals surface area contributed by atoms with Crippen molar-refractivity contribution in [2.75, 3.05) is 0 Å². The minimum absolute atomic E-state index is 0.974. The Bertz CT molecular complexity index is 1610. The van der Waals surface area contributed by atoms with E-state index in [4.69, 9.17) is 9.98 Å². The number of benzene rings is 2. The minimum Gasteiger partial charge on any atom is -0.252 e. The van der Waals surface area contributed by atoms with Gasteiger partial charge in [0.05, 0.1) is 22.8 Å². The van der Waals surface area contributed by atoms with Gasteiger partial charge in [0.2, 0.25) is 0 Å². The van der Waals surface area contributed by atoms with Crippen LogP contribution in [0.5, 0.6) is 0 Å². The van der Waals surface area contributed by atoms with Gasteiger partial charge in [-0.2, -0.15) is 0 Å². The van der Waals surface area contributed by atoms with Gasteiger partial charge < -0.3 is 0 Å². The van der Waals surface area contributed by atoms with E-state index < -0.39 is 0 Å². The number of allylic oxidation sites excluding steroid dienone is 2. The molecule has 2 aromatic carbocycles. The average molecular weight is 1020 g/mol. The Balaban J connectivity index is 1.71. The molecule has 422 valence electrons. The summed E-state index contributed by atoms with van der Waals surface area (Å²) < 4.78 is 0. The van der Waals surface area contributed by atoms with E-state index in [0.717, 1.165) is 49.9 Å². The largest absolute Gasteiger partial charge is 0.252 e. The van der Waals surface area contributed by atoms with Crippen LogP contribution in [-0.2, 0) is 0 Å². The zero-order valence-corrected chi connectivity index (χ0v) is 50.2. The van der Waals surface area contributed by atoms with Crippen LogP contribution in [0.25, 0.3) is 12.2 Å². The maximum Gasteiger partial charge on any atom is 0.0639 e. The first kappa shape index (κ1) is 67.4. The van der Waals surface area contributed by atoms with Gasteiger partial charge in [-0.05, 0) is 86.8 Å². The number of nitrogens with zero attached hydrogens (tertiary/aromatic N) is 2. The van der Waals surface area contributed by atoms with Gasteiger partial charge in [0.1, 0.15) is 0 Å². The van der Waals surface area contributed by atoms with Gasteiger partial charge >= 0.3 is 0 Å². The van der Waals surface area contributed by atoms with E-state index in [1.807, 2.05) is 0 Å². The van der Waals surface area contributed by atoms with Gasteiger partial charge in [-0.15, -0.1) is 0 Å². The van der Waals surface area contributed by atoms with Crippen LogP contribution < -0.4 is 0 Å². The average Bonchev–Trinajstić information content (AvgIpc) is 3.41. The topological polar surface area (TPSA) is 24.7 Å². The minimum atomic E-state index is 0.974. The second-order valence-corrected chi connectivity index (χ2v) is 23.0. The summed E-state index contributed by atoms with van der Waals surface area (Å²) in [5.41, 5.74) is 6.98. The molecule has 0 spiro atoms. The Kier molecular flexibility index (Phi) is 48.8. The van der Waals surface area contributed by atoms with Crippen LogP contribution in [0, 0.1) is 0 Å². The Morgan fingerprint density at radius 3 is 0.811 bits per heavy atom. The molecule has 0 amide bonds. The Labute approximate surface area is 463 Å². The van der Waals surface area contributed by atoms with Gasteiger partial charge in [-0.1, -0.05) is 346 Å². The summed E-state index contributed by atoms with van der Waals surface area (Å²) in [6.07, 6.45) is 78.2. The lowest BCUT2D eigenvalue weighted by Gasteiger charge is -2.12. The number of hydrogen-bond donors (Lipinski definition) is 0. The van der Waals surface area contributed by atoms with Crippen molar-refractivity contribution in [2.24, 2.45) is 9.98 Å². The fraction of sp³-hybridized carbons (Fsp3) is 0.750. The quantitative estimate of drug-likeness (QED) is 0.0466. The predicted octanol–water partition coefficient (Wildman–Crippen LogP) is 26.1.